The predicted octanol–water partition coefficient (Wildman–Crippen LogP) is 7.45. The molecular weight excluding hydrogens is 685 g/mol. The van der Waals surface area contributed by atoms with Gasteiger partial charge >= 0.3 is 5.97 Å². The molecule has 9 heteroatoms. The molecule has 5 fully saturated rings. The number of ketones is 1. The molecule has 0 aromatic heterocycles. The summed E-state index contributed by atoms with van der Waals surface area (Å²) in [7, 11) is -2.97. The summed E-state index contributed by atoms with van der Waals surface area (Å²) >= 11 is 0. The van der Waals surface area contributed by atoms with Gasteiger partial charge in [0, 0.05) is 31.6 Å². The van der Waals surface area contributed by atoms with Gasteiger partial charge in [0.1, 0.15) is 0 Å². The summed E-state index contributed by atoms with van der Waals surface area (Å²) in [6, 6.07) is 7.43. The quantitative estimate of drug-likeness (QED) is 0.210. The van der Waals surface area contributed by atoms with Crippen molar-refractivity contribution in [1.29, 1.82) is 0 Å². The molecule has 1 aromatic rings. The van der Waals surface area contributed by atoms with Crippen LogP contribution >= 0.6 is 0 Å². The lowest BCUT2D eigenvalue weighted by molar-refractivity contribution is -0.224. The van der Waals surface area contributed by atoms with Crippen LogP contribution in [0.1, 0.15) is 115 Å². The number of carboxylic acid groups (broad SMARTS) is 1. The Hall–Kier alpha value is -2.78. The van der Waals surface area contributed by atoms with E-state index in [1.165, 1.54) is 5.57 Å². The number of nitrogens with one attached hydrogen (secondary N) is 1. The summed E-state index contributed by atoms with van der Waals surface area (Å²) < 4.78 is 23.7. The maximum absolute atomic E-state index is 14.5. The molecule has 9 atom stereocenters. The molecule has 1 amide bonds. The Morgan fingerprint density at radius 3 is 2.21 bits per heavy atom. The SMILES string of the molecule is C=C(C)[C@@H]1CC[C@]2(C(=O)C(=O)NCCN3CCS(=O)(=O)CC3)CC[C@]3(C)C(CCC4[C@@]5(C)CC=C(c6ccc(C(=O)O)cc6)C(C)(C)C5CC[C@]43C)C12. The first-order chi connectivity index (χ1) is 24.8. The van der Waals surface area contributed by atoms with Crippen molar-refractivity contribution in [3.8, 4) is 0 Å². The number of benzene rings is 1. The van der Waals surface area contributed by atoms with Gasteiger partial charge in [-0.3, -0.25) is 14.5 Å². The lowest BCUT2D eigenvalue weighted by Gasteiger charge is -2.72. The van der Waals surface area contributed by atoms with Gasteiger partial charge in [0.25, 0.3) is 5.91 Å². The minimum atomic E-state index is -2.97. The van der Waals surface area contributed by atoms with Gasteiger partial charge in [-0.15, -0.1) is 0 Å². The average molecular weight is 747 g/mol. The van der Waals surface area contributed by atoms with E-state index in [9.17, 15) is 27.9 Å². The highest BCUT2D eigenvalue weighted by atomic mass is 32.2. The summed E-state index contributed by atoms with van der Waals surface area (Å²) in [5.41, 5.74) is 3.41. The highest BCUT2D eigenvalue weighted by molar-refractivity contribution is 7.91. The Morgan fingerprint density at radius 2 is 1.57 bits per heavy atom. The lowest BCUT2D eigenvalue weighted by atomic mass is 9.32. The number of Topliss-reactive ketones (excluding diaryl/α,β-unsaturated/α-hetero) is 1. The maximum atomic E-state index is 14.5. The van der Waals surface area contributed by atoms with Crippen molar-refractivity contribution in [1.82, 2.24) is 10.2 Å². The fourth-order valence-electron chi connectivity index (χ4n) is 14.0. The van der Waals surface area contributed by atoms with Gasteiger partial charge in [0.05, 0.1) is 17.1 Å². The number of rotatable bonds is 8. The van der Waals surface area contributed by atoms with Crippen LogP contribution in [0.4, 0.5) is 0 Å². The largest absolute Gasteiger partial charge is 0.478 e. The molecule has 4 saturated carbocycles. The van der Waals surface area contributed by atoms with Crippen molar-refractivity contribution in [2.45, 2.75) is 99.3 Å². The maximum Gasteiger partial charge on any atom is 0.335 e. The molecule has 8 nitrogen and oxygen atoms in total. The second-order valence-electron chi connectivity index (χ2n) is 19.3. The van der Waals surface area contributed by atoms with E-state index in [1.807, 2.05) is 12.1 Å². The molecule has 5 aliphatic carbocycles. The van der Waals surface area contributed by atoms with Crippen LogP contribution in [0, 0.1) is 56.7 Å². The number of sulfone groups is 1. The van der Waals surface area contributed by atoms with Crippen LogP contribution in [0.3, 0.4) is 0 Å². The summed E-state index contributed by atoms with van der Waals surface area (Å²) in [4.78, 5) is 41.9. The van der Waals surface area contributed by atoms with E-state index in [2.05, 4.69) is 64.4 Å². The van der Waals surface area contributed by atoms with Crippen LogP contribution in [-0.4, -0.2) is 73.8 Å². The summed E-state index contributed by atoms with van der Waals surface area (Å²) in [6.45, 7) is 20.9. The zero-order valence-corrected chi connectivity index (χ0v) is 33.7. The smallest absolute Gasteiger partial charge is 0.335 e. The van der Waals surface area contributed by atoms with Gasteiger partial charge in [-0.05, 0) is 139 Å². The Morgan fingerprint density at radius 1 is 0.887 bits per heavy atom. The molecule has 4 unspecified atom stereocenters. The number of nitrogens with zero attached hydrogens (tertiary/aromatic N) is 1. The molecule has 1 saturated heterocycles. The topological polar surface area (TPSA) is 121 Å². The van der Waals surface area contributed by atoms with Crippen molar-refractivity contribution in [2.75, 3.05) is 37.7 Å². The van der Waals surface area contributed by atoms with Crippen molar-refractivity contribution >= 4 is 33.1 Å². The predicted molar refractivity (Wildman–Crippen MR) is 209 cm³/mol. The first-order valence-corrected chi connectivity index (χ1v) is 22.1. The first-order valence-electron chi connectivity index (χ1n) is 20.3. The average Bonchev–Trinajstić information content (AvgIpc) is 3.50. The second-order valence-corrected chi connectivity index (χ2v) is 21.7. The van der Waals surface area contributed by atoms with E-state index in [0.717, 1.165) is 68.9 Å². The summed E-state index contributed by atoms with van der Waals surface area (Å²) in [5.74, 6) is 0.377. The second kappa shape index (κ2) is 13.2. The highest BCUT2D eigenvalue weighted by Gasteiger charge is 2.71. The van der Waals surface area contributed by atoms with E-state index in [4.69, 9.17) is 0 Å². The number of hydrogen-bond acceptors (Lipinski definition) is 6. The fraction of sp³-hybridized carbons (Fsp3) is 0.705. The molecule has 7 rings (SSSR count). The number of hydrogen-bond donors (Lipinski definition) is 2. The van der Waals surface area contributed by atoms with E-state index < -0.39 is 27.1 Å². The molecule has 290 valence electrons. The molecule has 0 bridgehead atoms. The normalized spacial score (nSPS) is 40.0. The number of carbonyl (C=O) groups excluding carboxylic acids is 2. The number of allylic oxidation sites excluding steroid dienone is 3. The van der Waals surface area contributed by atoms with Gasteiger partial charge < -0.3 is 10.4 Å². The van der Waals surface area contributed by atoms with Gasteiger partial charge in [0.2, 0.25) is 5.78 Å². The van der Waals surface area contributed by atoms with E-state index in [0.29, 0.717) is 49.5 Å². The van der Waals surface area contributed by atoms with Gasteiger partial charge in [-0.25, -0.2) is 13.2 Å². The molecule has 6 aliphatic rings. The number of carbonyl (C=O) groups is 3. The van der Waals surface area contributed by atoms with Gasteiger partial charge in [-0.1, -0.05) is 65.0 Å². The number of amides is 1. The third kappa shape index (κ3) is 5.91. The van der Waals surface area contributed by atoms with Crippen molar-refractivity contribution in [2.24, 2.45) is 56.7 Å². The molecule has 1 aromatic carbocycles. The molecule has 1 heterocycles. The van der Waals surface area contributed by atoms with E-state index in [-0.39, 0.29) is 50.8 Å². The molecule has 53 heavy (non-hydrogen) atoms. The Bertz CT molecular complexity index is 1820. The van der Waals surface area contributed by atoms with Gasteiger partial charge in [-0.2, -0.15) is 0 Å². The third-order valence-electron chi connectivity index (χ3n) is 16.9. The fourth-order valence-corrected chi connectivity index (χ4v) is 15.3. The number of carboxylic acids is 1. The zero-order chi connectivity index (χ0) is 38.4. The molecule has 0 radical (unpaired) electrons. The minimum Gasteiger partial charge on any atom is -0.478 e. The highest BCUT2D eigenvalue weighted by Crippen LogP contribution is 2.77. The first kappa shape index (κ1) is 38.5. The summed E-state index contributed by atoms with van der Waals surface area (Å²) in [5, 5.41) is 12.5. The Kier molecular flexibility index (Phi) is 9.56. The Labute approximate surface area is 317 Å². The van der Waals surface area contributed by atoms with Crippen LogP contribution in [0.25, 0.3) is 5.57 Å². The summed E-state index contributed by atoms with van der Waals surface area (Å²) in [6.07, 6.45) is 11.3. The van der Waals surface area contributed by atoms with E-state index in [1.54, 1.807) is 12.1 Å². The van der Waals surface area contributed by atoms with Gasteiger partial charge in [0.15, 0.2) is 9.84 Å². The monoisotopic (exact) mass is 746 g/mol. The van der Waals surface area contributed by atoms with Crippen LogP contribution in [0.5, 0.6) is 0 Å². The minimum absolute atomic E-state index is 0.0300. The molecule has 2 N–H and O–H groups in total. The Balaban J connectivity index is 1.13. The number of aromatic carboxylic acids is 1. The van der Waals surface area contributed by atoms with Crippen molar-refractivity contribution in [3.05, 3.63) is 53.6 Å². The lowest BCUT2D eigenvalue weighted by Crippen LogP contribution is -2.66. The third-order valence-corrected chi connectivity index (χ3v) is 18.5. The molecule has 1 aliphatic heterocycles. The van der Waals surface area contributed by atoms with Crippen LogP contribution in [0.2, 0.25) is 0 Å². The van der Waals surface area contributed by atoms with Crippen LogP contribution in [-0.2, 0) is 19.4 Å². The number of fused-ring (bicyclic) bond motifs is 7. The van der Waals surface area contributed by atoms with Crippen molar-refractivity contribution in [3.63, 3.8) is 0 Å². The van der Waals surface area contributed by atoms with Crippen LogP contribution < -0.4 is 5.32 Å². The molecular formula is C44H62N2O6S. The standard InChI is InChI=1S/C44H62N2O6S/c1-28(2)31-14-19-44(37(47)38(48)45-22-23-46-24-26-53(51,52)27-25-46)21-20-42(6)33(36(31)44)12-13-35-41(5)17-15-32(29-8-10-30(11-9-29)39(49)50)40(3,4)34(41)16-18-43(35,42)7/h8-11,15,31,33-36H,1,12-14,16-27H2,2-7H3,(H,45,48)(H,49,50)/t31-,33?,34?,35?,36?,41-,42+,43+,44-/m0/s1. The van der Waals surface area contributed by atoms with Crippen molar-refractivity contribution < 1.29 is 27.9 Å². The zero-order valence-electron chi connectivity index (χ0n) is 32.9. The van der Waals surface area contributed by atoms with Crippen LogP contribution in [0.15, 0.2) is 42.5 Å². The van der Waals surface area contributed by atoms with E-state index >= 15 is 0 Å². The molecule has 0 spiro atoms.